The number of rotatable bonds is 3. The molecule has 0 spiro atoms. The molecular formula is C21H17N5O. The summed E-state index contributed by atoms with van der Waals surface area (Å²) in [6.45, 7) is 0. The van der Waals surface area contributed by atoms with Crippen LogP contribution in [0.15, 0.2) is 67.3 Å². The first-order chi connectivity index (χ1) is 13.2. The fourth-order valence-electron chi connectivity index (χ4n) is 3.39. The number of fused-ring (bicyclic) bond motifs is 2. The van der Waals surface area contributed by atoms with E-state index in [1.54, 1.807) is 7.11 Å². The lowest BCUT2D eigenvalue weighted by molar-refractivity contribution is 0.415. The molecule has 0 unspecified atom stereocenters. The summed E-state index contributed by atoms with van der Waals surface area (Å²) in [5.74, 6) is 0.832. The van der Waals surface area contributed by atoms with Gasteiger partial charge in [0.1, 0.15) is 5.75 Å². The van der Waals surface area contributed by atoms with E-state index in [0.29, 0.717) is 0 Å². The van der Waals surface area contributed by atoms with Crippen molar-refractivity contribution >= 4 is 16.6 Å². The number of methoxy groups -OCH3 is 1. The zero-order valence-electron chi connectivity index (χ0n) is 15.0. The molecule has 0 radical (unpaired) electrons. The van der Waals surface area contributed by atoms with Gasteiger partial charge in [0, 0.05) is 42.2 Å². The van der Waals surface area contributed by atoms with Crippen LogP contribution < -0.4 is 4.74 Å². The van der Waals surface area contributed by atoms with Gasteiger partial charge in [0.25, 0.3) is 0 Å². The van der Waals surface area contributed by atoms with Crippen molar-refractivity contribution in [3.05, 3.63) is 67.3 Å². The van der Waals surface area contributed by atoms with E-state index in [4.69, 9.17) is 9.72 Å². The first-order valence-electron chi connectivity index (χ1n) is 8.63. The standard InChI is InChI=1S/C21H17N5O/c1-25-13-19-17(4-3-5-20(19)24-25)18-11-23-26-12-15(10-22-21(18)26)14-6-8-16(27-2)9-7-14/h3-13H,1-2H3. The zero-order chi connectivity index (χ0) is 18.4. The molecule has 3 heterocycles. The lowest BCUT2D eigenvalue weighted by Gasteiger charge is -2.05. The molecule has 2 aromatic carbocycles. The second kappa shape index (κ2) is 5.95. The van der Waals surface area contributed by atoms with Gasteiger partial charge in [0.15, 0.2) is 5.65 Å². The molecule has 0 fully saturated rings. The van der Waals surface area contributed by atoms with E-state index < -0.39 is 0 Å². The Bertz CT molecular complexity index is 1270. The van der Waals surface area contributed by atoms with Crippen LogP contribution in [0.25, 0.3) is 38.8 Å². The molecule has 0 aliphatic carbocycles. The summed E-state index contributed by atoms with van der Waals surface area (Å²) in [6.07, 6.45) is 7.77. The number of hydrogen-bond acceptors (Lipinski definition) is 4. The van der Waals surface area contributed by atoms with Gasteiger partial charge in [-0.25, -0.2) is 9.50 Å². The zero-order valence-corrected chi connectivity index (χ0v) is 15.0. The highest BCUT2D eigenvalue weighted by molar-refractivity contribution is 5.97. The van der Waals surface area contributed by atoms with Crippen LogP contribution in [0, 0.1) is 0 Å². The minimum absolute atomic E-state index is 0.823. The van der Waals surface area contributed by atoms with E-state index in [1.165, 1.54) is 0 Å². The first kappa shape index (κ1) is 15.6. The highest BCUT2D eigenvalue weighted by Crippen LogP contribution is 2.31. The molecule has 3 aromatic heterocycles. The van der Waals surface area contributed by atoms with Gasteiger partial charge in [-0.3, -0.25) is 4.68 Å². The Morgan fingerprint density at radius 1 is 0.889 bits per heavy atom. The Morgan fingerprint density at radius 3 is 2.56 bits per heavy atom. The van der Waals surface area contributed by atoms with Crippen LogP contribution in [0.1, 0.15) is 0 Å². The second-order valence-electron chi connectivity index (χ2n) is 6.44. The first-order valence-corrected chi connectivity index (χ1v) is 8.63. The van der Waals surface area contributed by atoms with Crippen molar-refractivity contribution in [3.63, 3.8) is 0 Å². The average molecular weight is 355 g/mol. The number of ether oxygens (including phenoxy) is 1. The van der Waals surface area contributed by atoms with E-state index in [1.807, 2.05) is 77.4 Å². The van der Waals surface area contributed by atoms with Gasteiger partial charge in [-0.15, -0.1) is 0 Å². The summed E-state index contributed by atoms with van der Waals surface area (Å²) in [5.41, 5.74) is 5.93. The number of aryl methyl sites for hydroxylation is 1. The van der Waals surface area contributed by atoms with Crippen LogP contribution in [0.3, 0.4) is 0 Å². The van der Waals surface area contributed by atoms with E-state index in [0.717, 1.165) is 44.6 Å². The van der Waals surface area contributed by atoms with Crippen LogP contribution in [-0.4, -0.2) is 31.5 Å². The maximum Gasteiger partial charge on any atom is 0.162 e. The minimum Gasteiger partial charge on any atom is -0.497 e. The van der Waals surface area contributed by atoms with E-state index >= 15 is 0 Å². The molecule has 6 nitrogen and oxygen atoms in total. The fourth-order valence-corrected chi connectivity index (χ4v) is 3.39. The Morgan fingerprint density at radius 2 is 1.74 bits per heavy atom. The molecule has 27 heavy (non-hydrogen) atoms. The van der Waals surface area contributed by atoms with Crippen molar-refractivity contribution in [2.45, 2.75) is 0 Å². The molecule has 132 valence electrons. The lowest BCUT2D eigenvalue weighted by atomic mass is 10.0. The molecule has 0 atom stereocenters. The van der Waals surface area contributed by atoms with Crippen LogP contribution in [0.2, 0.25) is 0 Å². The molecule has 0 amide bonds. The van der Waals surface area contributed by atoms with Gasteiger partial charge in [-0.2, -0.15) is 10.2 Å². The normalized spacial score (nSPS) is 11.3. The largest absolute Gasteiger partial charge is 0.497 e. The summed E-state index contributed by atoms with van der Waals surface area (Å²) in [7, 11) is 3.59. The van der Waals surface area contributed by atoms with Crippen LogP contribution in [-0.2, 0) is 7.05 Å². The predicted molar refractivity (Wildman–Crippen MR) is 105 cm³/mol. The van der Waals surface area contributed by atoms with Gasteiger partial charge in [-0.1, -0.05) is 24.3 Å². The third-order valence-electron chi connectivity index (χ3n) is 4.73. The molecule has 5 rings (SSSR count). The number of aromatic nitrogens is 5. The monoisotopic (exact) mass is 355 g/mol. The van der Waals surface area contributed by atoms with Gasteiger partial charge >= 0.3 is 0 Å². The van der Waals surface area contributed by atoms with Crippen molar-refractivity contribution in [3.8, 4) is 28.0 Å². The summed E-state index contributed by atoms with van der Waals surface area (Å²) >= 11 is 0. The Balaban J connectivity index is 1.63. The quantitative estimate of drug-likeness (QED) is 0.492. The van der Waals surface area contributed by atoms with E-state index in [9.17, 15) is 0 Å². The Hall–Kier alpha value is -3.67. The molecule has 0 aliphatic rings. The van der Waals surface area contributed by atoms with Gasteiger partial charge in [0.2, 0.25) is 0 Å². The molecule has 0 aliphatic heterocycles. The maximum absolute atomic E-state index is 5.22. The summed E-state index contributed by atoms with van der Waals surface area (Å²) < 4.78 is 8.88. The van der Waals surface area contributed by atoms with E-state index in [2.05, 4.69) is 16.3 Å². The molecule has 6 heteroatoms. The third kappa shape index (κ3) is 2.54. The molecule has 0 saturated carbocycles. The van der Waals surface area contributed by atoms with E-state index in [-0.39, 0.29) is 0 Å². The van der Waals surface area contributed by atoms with Crippen LogP contribution in [0.5, 0.6) is 5.75 Å². The number of benzene rings is 2. The van der Waals surface area contributed by atoms with Crippen molar-refractivity contribution in [1.29, 1.82) is 0 Å². The smallest absolute Gasteiger partial charge is 0.162 e. The maximum atomic E-state index is 5.22. The molecule has 5 aromatic rings. The van der Waals surface area contributed by atoms with Gasteiger partial charge in [0.05, 0.1) is 18.8 Å². The number of hydrogen-bond donors (Lipinski definition) is 0. The van der Waals surface area contributed by atoms with Crippen molar-refractivity contribution in [1.82, 2.24) is 24.4 Å². The Kier molecular flexibility index (Phi) is 3.43. The van der Waals surface area contributed by atoms with Gasteiger partial charge < -0.3 is 4.74 Å². The molecule has 0 bridgehead atoms. The summed E-state index contributed by atoms with van der Waals surface area (Å²) in [5, 5.41) is 10.1. The summed E-state index contributed by atoms with van der Waals surface area (Å²) in [4.78, 5) is 4.69. The molecular weight excluding hydrogens is 338 g/mol. The van der Waals surface area contributed by atoms with Crippen molar-refractivity contribution < 1.29 is 4.74 Å². The fraction of sp³-hybridized carbons (Fsp3) is 0.0952. The molecule has 0 saturated heterocycles. The SMILES string of the molecule is COc1ccc(-c2cnc3c(-c4cccc5nn(C)cc45)cnn3c2)cc1. The molecule has 0 N–H and O–H groups in total. The topological polar surface area (TPSA) is 57.2 Å². The van der Waals surface area contributed by atoms with Crippen molar-refractivity contribution in [2.24, 2.45) is 7.05 Å². The minimum atomic E-state index is 0.823. The summed E-state index contributed by atoms with van der Waals surface area (Å²) in [6, 6.07) is 14.0. The highest BCUT2D eigenvalue weighted by atomic mass is 16.5. The van der Waals surface area contributed by atoms with Crippen LogP contribution >= 0.6 is 0 Å². The van der Waals surface area contributed by atoms with Gasteiger partial charge in [-0.05, 0) is 29.3 Å². The Labute approximate surface area is 155 Å². The average Bonchev–Trinajstić information content (AvgIpc) is 3.29. The highest BCUT2D eigenvalue weighted by Gasteiger charge is 2.13. The lowest BCUT2D eigenvalue weighted by Crippen LogP contribution is -1.92. The number of nitrogens with zero attached hydrogens (tertiary/aromatic N) is 5. The predicted octanol–water partition coefficient (Wildman–Crippen LogP) is 3.96. The third-order valence-corrected chi connectivity index (χ3v) is 4.73. The van der Waals surface area contributed by atoms with Crippen LogP contribution in [0.4, 0.5) is 0 Å². The second-order valence-corrected chi connectivity index (χ2v) is 6.44. The van der Waals surface area contributed by atoms with Crippen molar-refractivity contribution in [2.75, 3.05) is 7.11 Å².